The van der Waals surface area contributed by atoms with Crippen molar-refractivity contribution in [1.29, 1.82) is 0 Å². The van der Waals surface area contributed by atoms with E-state index >= 15 is 0 Å². The largest absolute Gasteiger partial charge is 0.366 e. The Labute approximate surface area is 132 Å². The van der Waals surface area contributed by atoms with Crippen molar-refractivity contribution >= 4 is 26.8 Å². The molecule has 7 heteroatoms. The minimum atomic E-state index is -3.85. The van der Waals surface area contributed by atoms with Crippen LogP contribution >= 0.6 is 0 Å². The topological polar surface area (TPSA) is 116 Å². The van der Waals surface area contributed by atoms with Crippen molar-refractivity contribution in [2.75, 3.05) is 0 Å². The van der Waals surface area contributed by atoms with Crippen LogP contribution in [-0.4, -0.2) is 19.3 Å². The van der Waals surface area contributed by atoms with Gasteiger partial charge in [0.2, 0.25) is 10.0 Å². The molecule has 4 N–H and O–H groups in total. The third-order valence-electron chi connectivity index (χ3n) is 3.43. The van der Waals surface area contributed by atoms with Gasteiger partial charge in [-0.3, -0.25) is 4.79 Å². The molecule has 116 valence electrons. The van der Waals surface area contributed by atoms with Crippen LogP contribution in [0.1, 0.15) is 10.4 Å². The second kappa shape index (κ2) is 5.45. The maximum Gasteiger partial charge on any atom is 0.250 e. The number of hydrogen-bond donors (Lipinski definition) is 2. The molecule has 0 aliphatic carbocycles. The Hall–Kier alpha value is -2.77. The van der Waals surface area contributed by atoms with Gasteiger partial charge < -0.3 is 5.73 Å². The van der Waals surface area contributed by atoms with Gasteiger partial charge in [0.05, 0.1) is 21.7 Å². The number of pyridine rings is 1. The van der Waals surface area contributed by atoms with E-state index in [2.05, 4.69) is 4.98 Å². The number of benzene rings is 2. The molecule has 0 fully saturated rings. The molecule has 0 saturated heterocycles. The van der Waals surface area contributed by atoms with E-state index in [0.717, 1.165) is 5.39 Å². The van der Waals surface area contributed by atoms with E-state index in [1.54, 1.807) is 18.2 Å². The number of para-hydroxylation sites is 1. The molecule has 0 unspecified atom stereocenters. The second-order valence-corrected chi connectivity index (χ2v) is 6.58. The highest BCUT2D eigenvalue weighted by atomic mass is 32.2. The number of nitrogens with two attached hydrogens (primary N) is 2. The number of hydrogen-bond acceptors (Lipinski definition) is 4. The number of sulfonamides is 1. The standard InChI is InChI=1S/C16H13N3O3S/c17-16(20)13-9-10-4-1-2-7-14(10)19-15(13)11-5-3-6-12(8-11)23(18,21)22/h1-9H,(H2,17,20)(H2,18,21,22). The number of aromatic nitrogens is 1. The van der Waals surface area contributed by atoms with E-state index in [9.17, 15) is 13.2 Å². The van der Waals surface area contributed by atoms with E-state index < -0.39 is 15.9 Å². The summed E-state index contributed by atoms with van der Waals surface area (Å²) >= 11 is 0. The molecule has 0 saturated carbocycles. The third-order valence-corrected chi connectivity index (χ3v) is 4.34. The fourth-order valence-corrected chi connectivity index (χ4v) is 2.90. The minimum Gasteiger partial charge on any atom is -0.366 e. The molecule has 6 nitrogen and oxygen atoms in total. The minimum absolute atomic E-state index is 0.0552. The van der Waals surface area contributed by atoms with Crippen LogP contribution in [0.2, 0.25) is 0 Å². The molecule has 1 amide bonds. The molecule has 0 atom stereocenters. The van der Waals surface area contributed by atoms with E-state index in [1.807, 2.05) is 18.2 Å². The van der Waals surface area contributed by atoms with Gasteiger partial charge in [0, 0.05) is 10.9 Å². The molecule has 2 aromatic carbocycles. The predicted octanol–water partition coefficient (Wildman–Crippen LogP) is 1.65. The zero-order chi connectivity index (χ0) is 16.6. The summed E-state index contributed by atoms with van der Waals surface area (Å²) in [5.41, 5.74) is 7.11. The fourth-order valence-electron chi connectivity index (χ4n) is 2.34. The van der Waals surface area contributed by atoms with E-state index in [-0.39, 0.29) is 10.5 Å². The molecule has 3 aromatic rings. The first-order chi connectivity index (χ1) is 10.9. The summed E-state index contributed by atoms with van der Waals surface area (Å²) in [5, 5.41) is 5.92. The molecule has 0 aliphatic heterocycles. The molecule has 0 aliphatic rings. The van der Waals surface area contributed by atoms with Crippen molar-refractivity contribution in [1.82, 2.24) is 4.98 Å². The number of carbonyl (C=O) groups excluding carboxylic acids is 1. The number of fused-ring (bicyclic) bond motifs is 1. The van der Waals surface area contributed by atoms with E-state index in [0.29, 0.717) is 16.8 Å². The van der Waals surface area contributed by atoms with Crippen LogP contribution in [0.3, 0.4) is 0 Å². The number of rotatable bonds is 3. The first-order valence-corrected chi connectivity index (χ1v) is 8.24. The Morgan fingerprint density at radius 1 is 1.00 bits per heavy atom. The number of carbonyl (C=O) groups is 1. The highest BCUT2D eigenvalue weighted by Gasteiger charge is 2.16. The maximum atomic E-state index is 11.8. The highest BCUT2D eigenvalue weighted by Crippen LogP contribution is 2.27. The van der Waals surface area contributed by atoms with Crippen LogP contribution in [-0.2, 0) is 10.0 Å². The number of primary sulfonamides is 1. The van der Waals surface area contributed by atoms with Gasteiger partial charge >= 0.3 is 0 Å². The summed E-state index contributed by atoms with van der Waals surface area (Å²) in [6.07, 6.45) is 0. The van der Waals surface area contributed by atoms with Gasteiger partial charge in [-0.1, -0.05) is 30.3 Å². The number of amides is 1. The Bertz CT molecular complexity index is 1030. The SMILES string of the molecule is NC(=O)c1cc2ccccc2nc1-c1cccc(S(N)(=O)=O)c1. The lowest BCUT2D eigenvalue weighted by Gasteiger charge is -2.09. The molecule has 23 heavy (non-hydrogen) atoms. The Balaban J connectivity index is 2.30. The quantitative estimate of drug-likeness (QED) is 0.760. The van der Waals surface area contributed by atoms with Gasteiger partial charge in [0.15, 0.2) is 0 Å². The summed E-state index contributed by atoms with van der Waals surface area (Å²) in [6, 6.07) is 14.9. The fraction of sp³-hybridized carbons (Fsp3) is 0. The van der Waals surface area contributed by atoms with Crippen molar-refractivity contribution in [2.45, 2.75) is 4.90 Å². The zero-order valence-electron chi connectivity index (χ0n) is 11.9. The summed E-state index contributed by atoms with van der Waals surface area (Å²) in [6.45, 7) is 0. The van der Waals surface area contributed by atoms with Crippen molar-refractivity contribution < 1.29 is 13.2 Å². The Morgan fingerprint density at radius 2 is 1.74 bits per heavy atom. The van der Waals surface area contributed by atoms with E-state index in [4.69, 9.17) is 10.9 Å². The molecular formula is C16H13N3O3S. The maximum absolute atomic E-state index is 11.8. The first kappa shape index (κ1) is 15.1. The molecule has 0 radical (unpaired) electrons. The lowest BCUT2D eigenvalue weighted by Crippen LogP contribution is -2.14. The summed E-state index contributed by atoms with van der Waals surface area (Å²) in [5.74, 6) is -0.640. The van der Waals surface area contributed by atoms with Crippen molar-refractivity contribution in [3.63, 3.8) is 0 Å². The third kappa shape index (κ3) is 2.92. The lowest BCUT2D eigenvalue weighted by molar-refractivity contribution is 0.100. The normalized spacial score (nSPS) is 11.5. The molecule has 0 spiro atoms. The van der Waals surface area contributed by atoms with Gasteiger partial charge in [-0.05, 0) is 24.3 Å². The second-order valence-electron chi connectivity index (χ2n) is 5.01. The summed E-state index contributed by atoms with van der Waals surface area (Å²) in [4.78, 5) is 16.2. The van der Waals surface area contributed by atoms with Crippen molar-refractivity contribution in [3.05, 3.63) is 60.2 Å². The Kier molecular flexibility index (Phi) is 3.59. The number of nitrogens with zero attached hydrogens (tertiary/aromatic N) is 1. The molecule has 3 rings (SSSR count). The van der Waals surface area contributed by atoms with Gasteiger partial charge in [-0.2, -0.15) is 0 Å². The van der Waals surface area contributed by atoms with Gasteiger partial charge in [0.25, 0.3) is 5.91 Å². The van der Waals surface area contributed by atoms with Gasteiger partial charge in [0.1, 0.15) is 0 Å². The van der Waals surface area contributed by atoms with Gasteiger partial charge in [-0.25, -0.2) is 18.5 Å². The van der Waals surface area contributed by atoms with Crippen LogP contribution in [0.5, 0.6) is 0 Å². The highest BCUT2D eigenvalue weighted by molar-refractivity contribution is 7.89. The summed E-state index contributed by atoms with van der Waals surface area (Å²) < 4.78 is 23.0. The molecule has 1 heterocycles. The summed E-state index contributed by atoms with van der Waals surface area (Å²) in [7, 11) is -3.85. The van der Waals surface area contributed by atoms with Crippen LogP contribution in [0.15, 0.2) is 59.5 Å². The van der Waals surface area contributed by atoms with Gasteiger partial charge in [-0.15, -0.1) is 0 Å². The lowest BCUT2D eigenvalue weighted by atomic mass is 10.0. The molecule has 0 bridgehead atoms. The van der Waals surface area contributed by atoms with E-state index in [1.165, 1.54) is 18.2 Å². The van der Waals surface area contributed by atoms with Crippen molar-refractivity contribution in [2.24, 2.45) is 10.9 Å². The van der Waals surface area contributed by atoms with Crippen molar-refractivity contribution in [3.8, 4) is 11.3 Å². The first-order valence-electron chi connectivity index (χ1n) is 6.69. The zero-order valence-corrected chi connectivity index (χ0v) is 12.7. The van der Waals surface area contributed by atoms with Crippen LogP contribution in [0.25, 0.3) is 22.2 Å². The smallest absolute Gasteiger partial charge is 0.250 e. The Morgan fingerprint density at radius 3 is 2.43 bits per heavy atom. The monoisotopic (exact) mass is 327 g/mol. The average molecular weight is 327 g/mol. The molecule has 1 aromatic heterocycles. The van der Waals surface area contributed by atoms with Crippen LogP contribution in [0, 0.1) is 0 Å². The average Bonchev–Trinajstić information content (AvgIpc) is 2.53. The molecular weight excluding hydrogens is 314 g/mol. The van der Waals surface area contributed by atoms with Crippen LogP contribution < -0.4 is 10.9 Å². The predicted molar refractivity (Wildman–Crippen MR) is 87.1 cm³/mol. The van der Waals surface area contributed by atoms with Crippen LogP contribution in [0.4, 0.5) is 0 Å². The number of primary amides is 1.